The first-order valence-electron chi connectivity index (χ1n) is 4.95. The van der Waals surface area contributed by atoms with Gasteiger partial charge in [-0.3, -0.25) is 0 Å². The van der Waals surface area contributed by atoms with Crippen LogP contribution in [-0.2, 0) is 0 Å². The number of halogens is 1. The number of aryl methyl sites for hydroxylation is 1. The zero-order valence-corrected chi connectivity index (χ0v) is 11.9. The third kappa shape index (κ3) is 2.71. The van der Waals surface area contributed by atoms with Gasteiger partial charge in [-0.2, -0.15) is 0 Å². The van der Waals surface area contributed by atoms with Crippen molar-refractivity contribution in [3.8, 4) is 0 Å². The zero-order chi connectivity index (χ0) is 11.5. The number of benzene rings is 2. The number of nitrogen functional groups attached to an aromatic ring is 1. The van der Waals surface area contributed by atoms with Gasteiger partial charge in [-0.1, -0.05) is 30.0 Å². The van der Waals surface area contributed by atoms with E-state index < -0.39 is 0 Å². The van der Waals surface area contributed by atoms with Gasteiger partial charge in [0.2, 0.25) is 0 Å². The lowest BCUT2D eigenvalue weighted by Gasteiger charge is -2.09. The highest BCUT2D eigenvalue weighted by Crippen LogP contribution is 2.34. The van der Waals surface area contributed by atoms with Gasteiger partial charge in [0, 0.05) is 19.0 Å². The molecule has 0 aliphatic heterocycles. The Morgan fingerprint density at radius 1 is 1.12 bits per heavy atom. The van der Waals surface area contributed by atoms with Crippen molar-refractivity contribution < 1.29 is 0 Å². The highest BCUT2D eigenvalue weighted by molar-refractivity contribution is 14.1. The van der Waals surface area contributed by atoms with Gasteiger partial charge in [-0.15, -0.1) is 0 Å². The molecule has 2 rings (SSSR count). The molecule has 0 aliphatic carbocycles. The molecule has 3 heteroatoms. The quantitative estimate of drug-likeness (QED) is 0.650. The Balaban J connectivity index is 2.35. The van der Waals surface area contributed by atoms with Crippen LogP contribution in [0.5, 0.6) is 0 Å². The summed E-state index contributed by atoms with van der Waals surface area (Å²) in [7, 11) is 0. The van der Waals surface area contributed by atoms with Crippen molar-refractivity contribution in [2.24, 2.45) is 0 Å². The van der Waals surface area contributed by atoms with Crippen LogP contribution >= 0.6 is 34.4 Å². The molecule has 0 radical (unpaired) electrons. The SMILES string of the molecule is Cc1cc(N)cc(I)c1Sc1ccccc1. The molecule has 2 aromatic rings. The molecular weight excluding hydrogens is 329 g/mol. The van der Waals surface area contributed by atoms with Crippen molar-refractivity contribution in [2.75, 3.05) is 5.73 Å². The van der Waals surface area contributed by atoms with E-state index in [-0.39, 0.29) is 0 Å². The summed E-state index contributed by atoms with van der Waals surface area (Å²) in [6.07, 6.45) is 0. The van der Waals surface area contributed by atoms with Gasteiger partial charge in [-0.25, -0.2) is 0 Å². The molecule has 0 amide bonds. The molecule has 1 nitrogen and oxygen atoms in total. The summed E-state index contributed by atoms with van der Waals surface area (Å²) >= 11 is 4.12. The Hall–Kier alpha value is -0.680. The Morgan fingerprint density at radius 3 is 2.44 bits per heavy atom. The van der Waals surface area contributed by atoms with Crippen LogP contribution < -0.4 is 5.73 Å². The molecule has 2 aromatic carbocycles. The van der Waals surface area contributed by atoms with Crippen LogP contribution in [-0.4, -0.2) is 0 Å². The highest BCUT2D eigenvalue weighted by atomic mass is 127. The summed E-state index contributed by atoms with van der Waals surface area (Å²) in [5.74, 6) is 0. The predicted molar refractivity (Wildman–Crippen MR) is 78.9 cm³/mol. The summed E-state index contributed by atoms with van der Waals surface area (Å²) < 4.78 is 1.21. The predicted octanol–water partition coefficient (Wildman–Crippen LogP) is 4.33. The van der Waals surface area contributed by atoms with E-state index >= 15 is 0 Å². The Bertz CT molecular complexity index is 474. The number of anilines is 1. The summed E-state index contributed by atoms with van der Waals surface area (Å²) in [6.45, 7) is 2.10. The van der Waals surface area contributed by atoms with Crippen molar-refractivity contribution in [1.29, 1.82) is 0 Å². The Kier molecular flexibility index (Phi) is 3.76. The molecule has 0 aliphatic rings. The second kappa shape index (κ2) is 5.10. The van der Waals surface area contributed by atoms with Crippen LogP contribution in [0.3, 0.4) is 0 Å². The zero-order valence-electron chi connectivity index (χ0n) is 8.91. The van der Waals surface area contributed by atoms with E-state index in [9.17, 15) is 0 Å². The van der Waals surface area contributed by atoms with Crippen molar-refractivity contribution in [3.05, 3.63) is 51.6 Å². The van der Waals surface area contributed by atoms with E-state index in [1.54, 1.807) is 11.8 Å². The van der Waals surface area contributed by atoms with Crippen molar-refractivity contribution in [1.82, 2.24) is 0 Å². The van der Waals surface area contributed by atoms with Gasteiger partial charge < -0.3 is 5.73 Å². The number of rotatable bonds is 2. The molecular formula is C13H12INS. The lowest BCUT2D eigenvalue weighted by atomic mass is 10.2. The van der Waals surface area contributed by atoms with Crippen LogP contribution in [0.4, 0.5) is 5.69 Å². The number of hydrogen-bond acceptors (Lipinski definition) is 2. The molecule has 82 valence electrons. The van der Waals surface area contributed by atoms with E-state index in [4.69, 9.17) is 5.73 Å². The van der Waals surface area contributed by atoms with Crippen LogP contribution in [0.1, 0.15) is 5.56 Å². The van der Waals surface area contributed by atoms with Gasteiger partial charge in [0.05, 0.1) is 0 Å². The molecule has 0 saturated carbocycles. The van der Waals surface area contributed by atoms with Crippen LogP contribution in [0, 0.1) is 10.5 Å². The molecule has 0 heterocycles. The lowest BCUT2D eigenvalue weighted by Crippen LogP contribution is -1.91. The summed E-state index contributed by atoms with van der Waals surface area (Å²) in [5, 5.41) is 0. The molecule has 0 fully saturated rings. The fourth-order valence-corrected chi connectivity index (χ4v) is 3.51. The lowest BCUT2D eigenvalue weighted by molar-refractivity contribution is 1.26. The summed E-state index contributed by atoms with van der Waals surface area (Å²) in [4.78, 5) is 2.55. The minimum Gasteiger partial charge on any atom is -0.399 e. The van der Waals surface area contributed by atoms with Crippen LogP contribution in [0.25, 0.3) is 0 Å². The summed E-state index contributed by atoms with van der Waals surface area (Å²) in [6, 6.07) is 14.4. The number of nitrogens with two attached hydrogens (primary N) is 1. The maximum Gasteiger partial charge on any atom is 0.0328 e. The first kappa shape index (κ1) is 11.8. The number of hydrogen-bond donors (Lipinski definition) is 1. The highest BCUT2D eigenvalue weighted by Gasteiger charge is 2.06. The Morgan fingerprint density at radius 2 is 1.81 bits per heavy atom. The average molecular weight is 341 g/mol. The van der Waals surface area contributed by atoms with E-state index in [0.29, 0.717) is 0 Å². The van der Waals surface area contributed by atoms with Gasteiger partial charge >= 0.3 is 0 Å². The molecule has 0 spiro atoms. The van der Waals surface area contributed by atoms with E-state index in [1.807, 2.05) is 18.2 Å². The van der Waals surface area contributed by atoms with Crippen molar-refractivity contribution in [3.63, 3.8) is 0 Å². The Labute approximate surface area is 114 Å². The molecule has 0 saturated heterocycles. The first-order valence-corrected chi connectivity index (χ1v) is 6.85. The fraction of sp³-hybridized carbons (Fsp3) is 0.0769. The minimum absolute atomic E-state index is 0.833. The standard InChI is InChI=1S/C13H12INS/c1-9-7-10(15)8-12(14)13(9)16-11-5-3-2-4-6-11/h2-8H,15H2,1H3. The van der Waals surface area contributed by atoms with Gasteiger partial charge in [-0.05, 0) is 59.3 Å². The van der Waals surface area contributed by atoms with Crippen LogP contribution in [0.2, 0.25) is 0 Å². The van der Waals surface area contributed by atoms with E-state index in [0.717, 1.165) is 5.69 Å². The fourth-order valence-electron chi connectivity index (χ4n) is 1.49. The normalized spacial score (nSPS) is 10.4. The largest absolute Gasteiger partial charge is 0.399 e. The maximum absolute atomic E-state index is 5.81. The third-order valence-electron chi connectivity index (χ3n) is 2.21. The van der Waals surface area contributed by atoms with Gasteiger partial charge in [0.1, 0.15) is 0 Å². The second-order valence-corrected chi connectivity index (χ2v) is 5.81. The topological polar surface area (TPSA) is 26.0 Å². The maximum atomic E-state index is 5.81. The smallest absolute Gasteiger partial charge is 0.0328 e. The van der Waals surface area contributed by atoms with E-state index in [2.05, 4.69) is 53.8 Å². The molecule has 0 aromatic heterocycles. The van der Waals surface area contributed by atoms with Gasteiger partial charge in [0.25, 0.3) is 0 Å². The van der Waals surface area contributed by atoms with E-state index in [1.165, 1.54) is 18.9 Å². The van der Waals surface area contributed by atoms with Gasteiger partial charge in [0.15, 0.2) is 0 Å². The molecule has 0 atom stereocenters. The molecule has 2 N–H and O–H groups in total. The summed E-state index contributed by atoms with van der Waals surface area (Å²) in [5.41, 5.74) is 7.87. The van der Waals surface area contributed by atoms with Crippen LogP contribution in [0.15, 0.2) is 52.3 Å². The molecule has 0 bridgehead atoms. The minimum atomic E-state index is 0.833. The first-order chi connectivity index (χ1) is 7.66. The monoisotopic (exact) mass is 341 g/mol. The van der Waals surface area contributed by atoms with Crippen molar-refractivity contribution in [2.45, 2.75) is 16.7 Å². The third-order valence-corrected chi connectivity index (χ3v) is 4.69. The average Bonchev–Trinajstić information content (AvgIpc) is 2.25. The molecule has 0 unspecified atom stereocenters. The molecule has 16 heavy (non-hydrogen) atoms. The van der Waals surface area contributed by atoms with Crippen molar-refractivity contribution >= 4 is 40.0 Å². The second-order valence-electron chi connectivity index (χ2n) is 3.56.